The maximum Gasteiger partial charge on any atom is 0.147 e. The van der Waals surface area contributed by atoms with Gasteiger partial charge in [-0.05, 0) is 42.8 Å². The van der Waals surface area contributed by atoms with Crippen molar-refractivity contribution < 1.29 is 8.78 Å². The fourth-order valence-electron chi connectivity index (χ4n) is 1.67. The molecule has 4 heteroatoms. The zero-order chi connectivity index (χ0) is 13.1. The Morgan fingerprint density at radius 1 is 1.06 bits per heavy atom. The Kier molecular flexibility index (Phi) is 3.82. The lowest BCUT2D eigenvalue weighted by Gasteiger charge is -2.16. The minimum atomic E-state index is -0.406. The van der Waals surface area contributed by atoms with Crippen molar-refractivity contribution in [2.24, 2.45) is 0 Å². The van der Waals surface area contributed by atoms with Gasteiger partial charge in [-0.3, -0.25) is 0 Å². The van der Waals surface area contributed by atoms with Crippen LogP contribution in [0.3, 0.4) is 0 Å². The van der Waals surface area contributed by atoms with Crippen molar-refractivity contribution in [3.8, 4) is 0 Å². The lowest BCUT2D eigenvalue weighted by atomic mass is 10.1. The second kappa shape index (κ2) is 5.36. The molecule has 0 aliphatic carbocycles. The SMILES string of the molecule is CC(Nc1ccc(Cl)cc1F)c1ccc(F)cc1. The molecule has 1 N–H and O–H groups in total. The lowest BCUT2D eigenvalue weighted by Crippen LogP contribution is -2.07. The minimum absolute atomic E-state index is 0.124. The highest BCUT2D eigenvalue weighted by Gasteiger charge is 2.08. The average Bonchev–Trinajstić information content (AvgIpc) is 2.33. The molecule has 0 aliphatic heterocycles. The minimum Gasteiger partial charge on any atom is -0.376 e. The smallest absolute Gasteiger partial charge is 0.147 e. The van der Waals surface area contributed by atoms with E-state index in [1.165, 1.54) is 18.2 Å². The van der Waals surface area contributed by atoms with Gasteiger partial charge < -0.3 is 5.32 Å². The van der Waals surface area contributed by atoms with Crippen molar-refractivity contribution >= 4 is 17.3 Å². The molecule has 0 amide bonds. The van der Waals surface area contributed by atoms with Gasteiger partial charge in [-0.1, -0.05) is 23.7 Å². The van der Waals surface area contributed by atoms with Crippen LogP contribution < -0.4 is 5.32 Å². The summed E-state index contributed by atoms with van der Waals surface area (Å²) in [5.41, 5.74) is 1.25. The zero-order valence-electron chi connectivity index (χ0n) is 9.75. The monoisotopic (exact) mass is 267 g/mol. The van der Waals surface area contributed by atoms with E-state index >= 15 is 0 Å². The quantitative estimate of drug-likeness (QED) is 0.843. The van der Waals surface area contributed by atoms with Gasteiger partial charge in [0.2, 0.25) is 0 Å². The highest BCUT2D eigenvalue weighted by atomic mass is 35.5. The third-order valence-corrected chi connectivity index (χ3v) is 2.91. The van der Waals surface area contributed by atoms with Crippen LogP contribution in [0.1, 0.15) is 18.5 Å². The van der Waals surface area contributed by atoms with Gasteiger partial charge in [-0.25, -0.2) is 8.78 Å². The number of rotatable bonds is 3. The van der Waals surface area contributed by atoms with E-state index in [4.69, 9.17) is 11.6 Å². The van der Waals surface area contributed by atoms with Crippen molar-refractivity contribution in [1.29, 1.82) is 0 Å². The molecule has 1 unspecified atom stereocenters. The van der Waals surface area contributed by atoms with Crippen molar-refractivity contribution in [2.75, 3.05) is 5.32 Å². The van der Waals surface area contributed by atoms with E-state index in [-0.39, 0.29) is 11.9 Å². The van der Waals surface area contributed by atoms with E-state index in [2.05, 4.69) is 5.32 Å². The molecule has 2 aromatic carbocycles. The maximum atomic E-state index is 13.6. The van der Waals surface area contributed by atoms with Crippen LogP contribution >= 0.6 is 11.6 Å². The van der Waals surface area contributed by atoms with Crippen molar-refractivity contribution in [3.05, 3.63) is 64.7 Å². The van der Waals surface area contributed by atoms with Crippen LogP contribution in [-0.4, -0.2) is 0 Å². The molecule has 0 aromatic heterocycles. The first kappa shape index (κ1) is 12.8. The fraction of sp³-hybridized carbons (Fsp3) is 0.143. The second-order valence-corrected chi connectivity index (χ2v) is 4.48. The highest BCUT2D eigenvalue weighted by molar-refractivity contribution is 6.30. The van der Waals surface area contributed by atoms with Crippen LogP contribution in [0.15, 0.2) is 42.5 Å². The Bertz CT molecular complexity index is 540. The standard InChI is InChI=1S/C14H12ClF2N/c1-9(10-2-5-12(16)6-3-10)18-14-7-4-11(15)8-13(14)17/h2-9,18H,1H3. The van der Waals surface area contributed by atoms with Crippen LogP contribution in [0.5, 0.6) is 0 Å². The molecule has 94 valence electrons. The second-order valence-electron chi connectivity index (χ2n) is 4.04. The van der Waals surface area contributed by atoms with Crippen LogP contribution in [0.2, 0.25) is 5.02 Å². The average molecular weight is 268 g/mol. The van der Waals surface area contributed by atoms with Gasteiger partial charge in [0.25, 0.3) is 0 Å². The third kappa shape index (κ3) is 2.99. The molecule has 2 rings (SSSR count). The Morgan fingerprint density at radius 3 is 2.33 bits per heavy atom. The lowest BCUT2D eigenvalue weighted by molar-refractivity contribution is 0.623. The summed E-state index contributed by atoms with van der Waals surface area (Å²) in [4.78, 5) is 0. The summed E-state index contributed by atoms with van der Waals surface area (Å²) in [6, 6.07) is 10.4. The molecule has 0 aliphatic rings. The Labute approximate surface area is 109 Å². The molecule has 0 spiro atoms. The van der Waals surface area contributed by atoms with Crippen molar-refractivity contribution in [2.45, 2.75) is 13.0 Å². The Hall–Kier alpha value is -1.61. The number of hydrogen-bond acceptors (Lipinski definition) is 1. The predicted molar refractivity (Wildman–Crippen MR) is 69.8 cm³/mol. The Morgan fingerprint density at radius 2 is 1.72 bits per heavy atom. The summed E-state index contributed by atoms with van der Waals surface area (Å²) >= 11 is 5.68. The first-order valence-corrected chi connectivity index (χ1v) is 5.91. The topological polar surface area (TPSA) is 12.0 Å². The van der Waals surface area contributed by atoms with Crippen LogP contribution in [0.25, 0.3) is 0 Å². The number of benzene rings is 2. The van der Waals surface area contributed by atoms with Gasteiger partial charge in [0.05, 0.1) is 5.69 Å². The molecule has 0 saturated carbocycles. The predicted octanol–water partition coefficient (Wildman–Crippen LogP) is 4.79. The molecule has 18 heavy (non-hydrogen) atoms. The molecule has 0 saturated heterocycles. The third-order valence-electron chi connectivity index (χ3n) is 2.67. The van der Waals surface area contributed by atoms with Gasteiger partial charge in [-0.2, -0.15) is 0 Å². The zero-order valence-corrected chi connectivity index (χ0v) is 10.5. The van der Waals surface area contributed by atoms with E-state index in [1.807, 2.05) is 6.92 Å². The van der Waals surface area contributed by atoms with Gasteiger partial charge in [0.1, 0.15) is 11.6 Å². The van der Waals surface area contributed by atoms with Crippen molar-refractivity contribution in [1.82, 2.24) is 0 Å². The van der Waals surface area contributed by atoms with Gasteiger partial charge in [0, 0.05) is 11.1 Å². The summed E-state index contributed by atoms with van der Waals surface area (Å²) in [5, 5.41) is 3.37. The van der Waals surface area contributed by atoms with Gasteiger partial charge >= 0.3 is 0 Å². The molecule has 0 radical (unpaired) electrons. The van der Waals surface area contributed by atoms with Gasteiger partial charge in [-0.15, -0.1) is 0 Å². The number of hydrogen-bond donors (Lipinski definition) is 1. The molecular weight excluding hydrogens is 256 g/mol. The molecule has 1 atom stereocenters. The molecule has 2 aromatic rings. The molecule has 1 nitrogen and oxygen atoms in total. The number of halogens is 3. The van der Waals surface area contributed by atoms with E-state index < -0.39 is 5.82 Å². The van der Waals surface area contributed by atoms with Crippen LogP contribution in [-0.2, 0) is 0 Å². The first-order valence-electron chi connectivity index (χ1n) is 5.53. The molecule has 0 fully saturated rings. The van der Waals surface area contributed by atoms with Crippen LogP contribution in [0.4, 0.5) is 14.5 Å². The molecule has 0 heterocycles. The largest absolute Gasteiger partial charge is 0.376 e. The maximum absolute atomic E-state index is 13.6. The normalized spacial score (nSPS) is 12.2. The summed E-state index contributed by atoms with van der Waals surface area (Å²) in [6.07, 6.45) is 0. The van der Waals surface area contributed by atoms with Crippen LogP contribution in [0, 0.1) is 11.6 Å². The summed E-state index contributed by atoms with van der Waals surface area (Å²) < 4.78 is 26.4. The van der Waals surface area contributed by atoms with E-state index in [9.17, 15) is 8.78 Å². The van der Waals surface area contributed by atoms with Gasteiger partial charge in [0.15, 0.2) is 0 Å². The molecular formula is C14H12ClF2N. The number of nitrogens with one attached hydrogen (secondary N) is 1. The molecule has 0 bridgehead atoms. The van der Waals surface area contributed by atoms with E-state index in [0.29, 0.717) is 10.7 Å². The highest BCUT2D eigenvalue weighted by Crippen LogP contribution is 2.24. The van der Waals surface area contributed by atoms with E-state index in [1.54, 1.807) is 24.3 Å². The fourth-order valence-corrected chi connectivity index (χ4v) is 1.83. The summed E-state index contributed by atoms with van der Waals surface area (Å²) in [7, 11) is 0. The first-order chi connectivity index (χ1) is 8.56. The number of anilines is 1. The Balaban J connectivity index is 2.15. The summed E-state index contributed by atoms with van der Waals surface area (Å²) in [6.45, 7) is 1.88. The van der Waals surface area contributed by atoms with Crippen molar-refractivity contribution in [3.63, 3.8) is 0 Å². The summed E-state index contributed by atoms with van der Waals surface area (Å²) in [5.74, 6) is -0.694. The van der Waals surface area contributed by atoms with E-state index in [0.717, 1.165) is 5.56 Å².